The Labute approximate surface area is 126 Å². The van der Waals surface area contributed by atoms with Crippen molar-refractivity contribution in [2.24, 2.45) is 0 Å². The van der Waals surface area contributed by atoms with Crippen LogP contribution in [0.3, 0.4) is 0 Å². The van der Waals surface area contributed by atoms with Crippen LogP contribution in [0.1, 0.15) is 31.8 Å². The summed E-state index contributed by atoms with van der Waals surface area (Å²) in [5, 5.41) is 2.86. The van der Waals surface area contributed by atoms with Gasteiger partial charge >= 0.3 is 0 Å². The molecule has 4 nitrogen and oxygen atoms in total. The first-order valence-electron chi connectivity index (χ1n) is 6.77. The Morgan fingerprint density at radius 1 is 1.24 bits per heavy atom. The van der Waals surface area contributed by atoms with Crippen molar-refractivity contribution < 1.29 is 14.3 Å². The number of carbonyl (C=O) groups excluding carboxylic acids is 2. The number of benzene rings is 1. The Kier molecular flexibility index (Phi) is 3.75. The maximum absolute atomic E-state index is 12.0. The SMILES string of the molecule is CC(=O)c1ccc(C(=O)NC[C@H]2Cc3ccccc3O2)s1. The van der Waals surface area contributed by atoms with Crippen LogP contribution in [-0.4, -0.2) is 24.3 Å². The molecular weight excluding hydrogens is 286 g/mol. The van der Waals surface area contributed by atoms with Crippen molar-refractivity contribution in [2.75, 3.05) is 6.54 Å². The number of fused-ring (bicyclic) bond motifs is 1. The number of Topliss-reactive ketones (excluding diaryl/α,β-unsaturated/α-hetero) is 1. The van der Waals surface area contributed by atoms with E-state index < -0.39 is 0 Å². The zero-order chi connectivity index (χ0) is 14.8. The lowest BCUT2D eigenvalue weighted by Gasteiger charge is -2.11. The molecule has 2 heterocycles. The third-order valence-electron chi connectivity index (χ3n) is 3.38. The molecule has 108 valence electrons. The highest BCUT2D eigenvalue weighted by molar-refractivity contribution is 7.15. The van der Waals surface area contributed by atoms with Gasteiger partial charge in [-0.05, 0) is 30.7 Å². The number of carbonyl (C=O) groups is 2. The molecule has 0 bridgehead atoms. The van der Waals surface area contributed by atoms with Crippen molar-refractivity contribution in [3.8, 4) is 5.75 Å². The molecule has 1 aliphatic rings. The molecule has 5 heteroatoms. The third kappa shape index (κ3) is 2.97. The fraction of sp³-hybridized carbons (Fsp3) is 0.250. The van der Waals surface area contributed by atoms with Gasteiger partial charge in [-0.3, -0.25) is 9.59 Å². The summed E-state index contributed by atoms with van der Waals surface area (Å²) in [7, 11) is 0. The number of rotatable bonds is 4. The highest BCUT2D eigenvalue weighted by Crippen LogP contribution is 2.27. The lowest BCUT2D eigenvalue weighted by atomic mass is 10.1. The molecule has 1 amide bonds. The fourth-order valence-corrected chi connectivity index (χ4v) is 3.13. The molecule has 1 aliphatic heterocycles. The van der Waals surface area contributed by atoms with Crippen LogP contribution in [0.4, 0.5) is 0 Å². The van der Waals surface area contributed by atoms with E-state index in [0.717, 1.165) is 12.2 Å². The first-order valence-corrected chi connectivity index (χ1v) is 7.58. The van der Waals surface area contributed by atoms with Gasteiger partial charge in [0.15, 0.2) is 5.78 Å². The van der Waals surface area contributed by atoms with E-state index in [2.05, 4.69) is 5.32 Å². The maximum atomic E-state index is 12.0. The number of amides is 1. The van der Waals surface area contributed by atoms with Crippen molar-refractivity contribution in [1.82, 2.24) is 5.32 Å². The third-order valence-corrected chi connectivity index (χ3v) is 4.57. The summed E-state index contributed by atoms with van der Waals surface area (Å²) in [6.07, 6.45) is 0.776. The second-order valence-corrected chi connectivity index (χ2v) is 6.07. The number of hydrogen-bond donors (Lipinski definition) is 1. The minimum atomic E-state index is -0.160. The van der Waals surface area contributed by atoms with Crippen LogP contribution in [0.5, 0.6) is 5.75 Å². The van der Waals surface area contributed by atoms with Crippen LogP contribution in [0.25, 0.3) is 0 Å². The van der Waals surface area contributed by atoms with Crippen molar-refractivity contribution in [3.63, 3.8) is 0 Å². The average molecular weight is 301 g/mol. The second kappa shape index (κ2) is 5.69. The van der Waals surface area contributed by atoms with Crippen LogP contribution in [0.2, 0.25) is 0 Å². The lowest BCUT2D eigenvalue weighted by Crippen LogP contribution is -2.34. The number of ether oxygens (including phenoxy) is 1. The fourth-order valence-electron chi connectivity index (χ4n) is 2.31. The minimum Gasteiger partial charge on any atom is -0.488 e. The van der Waals surface area contributed by atoms with E-state index >= 15 is 0 Å². The molecule has 0 spiro atoms. The summed E-state index contributed by atoms with van der Waals surface area (Å²) in [4.78, 5) is 24.4. The molecule has 0 saturated carbocycles. The summed E-state index contributed by atoms with van der Waals surface area (Å²) in [6.45, 7) is 1.96. The number of hydrogen-bond acceptors (Lipinski definition) is 4. The standard InChI is InChI=1S/C16H15NO3S/c1-10(18)14-6-7-15(21-14)16(19)17-9-12-8-11-4-2-3-5-13(11)20-12/h2-7,12H,8-9H2,1H3,(H,17,19)/t12-/m1/s1. The molecule has 0 fully saturated rings. The minimum absolute atomic E-state index is 0.0198. The Morgan fingerprint density at radius 3 is 2.71 bits per heavy atom. The van der Waals surface area contributed by atoms with E-state index in [1.165, 1.54) is 23.8 Å². The van der Waals surface area contributed by atoms with Crippen molar-refractivity contribution >= 4 is 23.0 Å². The monoisotopic (exact) mass is 301 g/mol. The smallest absolute Gasteiger partial charge is 0.261 e. The predicted octanol–water partition coefficient (Wildman–Crippen LogP) is 2.68. The zero-order valence-electron chi connectivity index (χ0n) is 11.6. The number of nitrogens with one attached hydrogen (secondary N) is 1. The molecular formula is C16H15NO3S. The second-order valence-electron chi connectivity index (χ2n) is 4.98. The van der Waals surface area contributed by atoms with Gasteiger partial charge in [-0.1, -0.05) is 18.2 Å². The summed E-state index contributed by atoms with van der Waals surface area (Å²) >= 11 is 1.22. The number of ketones is 1. The Bertz CT molecular complexity index is 667. The van der Waals surface area contributed by atoms with E-state index in [1.807, 2.05) is 24.3 Å². The van der Waals surface area contributed by atoms with E-state index in [9.17, 15) is 9.59 Å². The zero-order valence-corrected chi connectivity index (χ0v) is 12.4. The molecule has 1 aromatic heterocycles. The Balaban J connectivity index is 1.56. The van der Waals surface area contributed by atoms with Gasteiger partial charge in [0.1, 0.15) is 11.9 Å². The molecule has 1 atom stereocenters. The van der Waals surface area contributed by atoms with E-state index in [-0.39, 0.29) is 17.8 Å². The molecule has 0 radical (unpaired) electrons. The summed E-state index contributed by atoms with van der Waals surface area (Å²) in [6, 6.07) is 11.3. The van der Waals surface area contributed by atoms with E-state index in [1.54, 1.807) is 12.1 Å². The predicted molar refractivity (Wildman–Crippen MR) is 81.2 cm³/mol. The molecule has 1 N–H and O–H groups in total. The molecule has 2 aromatic rings. The van der Waals surface area contributed by atoms with Gasteiger partial charge in [-0.2, -0.15) is 0 Å². The Hall–Kier alpha value is -2.14. The van der Waals surface area contributed by atoms with Gasteiger partial charge in [-0.25, -0.2) is 0 Å². The van der Waals surface area contributed by atoms with Gasteiger partial charge in [0.05, 0.1) is 16.3 Å². The maximum Gasteiger partial charge on any atom is 0.261 e. The molecule has 0 aliphatic carbocycles. The van der Waals surface area contributed by atoms with Gasteiger partial charge < -0.3 is 10.1 Å². The Morgan fingerprint density at radius 2 is 2.00 bits per heavy atom. The topological polar surface area (TPSA) is 55.4 Å². The van der Waals surface area contributed by atoms with Crippen LogP contribution in [-0.2, 0) is 6.42 Å². The molecule has 21 heavy (non-hydrogen) atoms. The lowest BCUT2D eigenvalue weighted by molar-refractivity contribution is 0.0937. The van der Waals surface area contributed by atoms with Gasteiger partial charge in [0.25, 0.3) is 5.91 Å². The van der Waals surface area contributed by atoms with Crippen LogP contribution >= 0.6 is 11.3 Å². The van der Waals surface area contributed by atoms with Gasteiger partial charge in [-0.15, -0.1) is 11.3 Å². The van der Waals surface area contributed by atoms with Gasteiger partial charge in [0.2, 0.25) is 0 Å². The average Bonchev–Trinajstić information content (AvgIpc) is 3.11. The molecule has 3 rings (SSSR count). The first-order chi connectivity index (χ1) is 10.1. The largest absolute Gasteiger partial charge is 0.488 e. The highest BCUT2D eigenvalue weighted by atomic mass is 32.1. The summed E-state index contributed by atoms with van der Waals surface area (Å²) in [5.74, 6) is 0.715. The van der Waals surface area contributed by atoms with Crippen LogP contribution in [0, 0.1) is 0 Å². The molecule has 0 unspecified atom stereocenters. The number of thiophene rings is 1. The molecule has 0 saturated heterocycles. The van der Waals surface area contributed by atoms with Crippen molar-refractivity contribution in [3.05, 3.63) is 51.7 Å². The summed E-state index contributed by atoms with van der Waals surface area (Å²) in [5.41, 5.74) is 1.17. The van der Waals surface area contributed by atoms with E-state index in [0.29, 0.717) is 16.3 Å². The van der Waals surface area contributed by atoms with Crippen LogP contribution < -0.4 is 10.1 Å². The normalized spacial score (nSPS) is 16.1. The van der Waals surface area contributed by atoms with Gasteiger partial charge in [0, 0.05) is 6.42 Å². The van der Waals surface area contributed by atoms with Crippen molar-refractivity contribution in [1.29, 1.82) is 0 Å². The first kappa shape index (κ1) is 13.8. The highest BCUT2D eigenvalue weighted by Gasteiger charge is 2.23. The van der Waals surface area contributed by atoms with E-state index in [4.69, 9.17) is 4.74 Å². The summed E-state index contributed by atoms with van der Waals surface area (Å²) < 4.78 is 5.77. The number of para-hydroxylation sites is 1. The quantitative estimate of drug-likeness (QED) is 0.883. The van der Waals surface area contributed by atoms with Crippen LogP contribution in [0.15, 0.2) is 36.4 Å². The molecule has 1 aromatic carbocycles. The van der Waals surface area contributed by atoms with Crippen molar-refractivity contribution in [2.45, 2.75) is 19.4 Å².